The number of hydrogen-bond donors (Lipinski definition) is 5. The third-order valence-electron chi connectivity index (χ3n) is 4.81. The molecule has 5 atom stereocenters. The summed E-state index contributed by atoms with van der Waals surface area (Å²) in [4.78, 5) is 12.1. The predicted octanol–water partition coefficient (Wildman–Crippen LogP) is 0.639. The summed E-state index contributed by atoms with van der Waals surface area (Å²) in [5.41, 5.74) is 0. The van der Waals surface area contributed by atoms with Crippen LogP contribution in [0.1, 0.15) is 71.1 Å². The minimum Gasteiger partial charge on any atom is -0.394 e. The second kappa shape index (κ2) is 11.2. The molecular weight excluding hydrogens is 328 g/mol. The summed E-state index contributed by atoms with van der Waals surface area (Å²) in [6, 6.07) is 0. The number of aliphatic hydroxyl groups is 5. The molecule has 0 saturated carbocycles. The highest BCUT2D eigenvalue weighted by Crippen LogP contribution is 2.31. The van der Waals surface area contributed by atoms with E-state index < -0.39 is 43.2 Å². The third-order valence-corrected chi connectivity index (χ3v) is 4.81. The summed E-state index contributed by atoms with van der Waals surface area (Å²) >= 11 is 0. The van der Waals surface area contributed by atoms with Gasteiger partial charge in [0.15, 0.2) is 0 Å². The van der Waals surface area contributed by atoms with Gasteiger partial charge in [-0.05, 0) is 6.42 Å². The van der Waals surface area contributed by atoms with Crippen molar-refractivity contribution in [2.45, 2.75) is 101 Å². The maximum Gasteiger partial charge on any atom is 0.202 e. The average molecular weight is 362 g/mol. The first-order valence-corrected chi connectivity index (χ1v) is 9.42. The van der Waals surface area contributed by atoms with Crippen LogP contribution >= 0.6 is 0 Å². The Morgan fingerprint density at radius 3 is 2.08 bits per heavy atom. The van der Waals surface area contributed by atoms with Gasteiger partial charge in [-0.1, -0.05) is 51.9 Å². The SMILES string of the molecule is CCCCCCCCCCC(=O)C[C@]1(O)O[C@H](CO)[C@@H](O)[C@H](O)[C@@H]1O. The lowest BCUT2D eigenvalue weighted by molar-refractivity contribution is -0.347. The molecule has 7 heteroatoms. The lowest BCUT2D eigenvalue weighted by Gasteiger charge is -2.45. The number of hydrogen-bond acceptors (Lipinski definition) is 7. The molecule has 0 spiro atoms. The molecule has 0 aliphatic carbocycles. The van der Waals surface area contributed by atoms with Crippen molar-refractivity contribution in [3.8, 4) is 0 Å². The van der Waals surface area contributed by atoms with Crippen LogP contribution in [0.4, 0.5) is 0 Å². The van der Waals surface area contributed by atoms with Crippen LogP contribution in [0.25, 0.3) is 0 Å². The number of rotatable bonds is 12. The highest BCUT2D eigenvalue weighted by Gasteiger charge is 2.53. The molecule has 5 N–H and O–H groups in total. The van der Waals surface area contributed by atoms with Crippen LogP contribution in [-0.4, -0.2) is 68.1 Å². The standard InChI is InChI=1S/C18H34O7/c1-2-3-4-5-6-7-8-9-10-13(20)11-18(24)17(23)16(22)15(21)14(12-19)25-18/h14-17,19,21-24H,2-12H2,1H3/t14-,15-,16+,17+,18+/m1/s1. The van der Waals surface area contributed by atoms with E-state index in [2.05, 4.69) is 6.92 Å². The molecule has 0 aromatic heterocycles. The van der Waals surface area contributed by atoms with E-state index in [1.165, 1.54) is 25.7 Å². The van der Waals surface area contributed by atoms with Crippen molar-refractivity contribution < 1.29 is 35.1 Å². The monoisotopic (exact) mass is 362 g/mol. The minimum absolute atomic E-state index is 0.260. The number of ketones is 1. The van der Waals surface area contributed by atoms with Crippen molar-refractivity contribution in [1.29, 1.82) is 0 Å². The molecule has 1 heterocycles. The zero-order valence-electron chi connectivity index (χ0n) is 15.1. The molecule has 1 fully saturated rings. The van der Waals surface area contributed by atoms with Crippen molar-refractivity contribution in [1.82, 2.24) is 0 Å². The normalized spacial score (nSPS) is 32.7. The first-order valence-electron chi connectivity index (χ1n) is 9.42. The van der Waals surface area contributed by atoms with Gasteiger partial charge in [-0.3, -0.25) is 4.79 Å². The van der Waals surface area contributed by atoms with Gasteiger partial charge in [0, 0.05) is 6.42 Å². The number of carbonyl (C=O) groups excluding carboxylic acids is 1. The fraction of sp³-hybridized carbons (Fsp3) is 0.944. The third kappa shape index (κ3) is 6.92. The van der Waals surface area contributed by atoms with E-state index in [9.17, 15) is 25.2 Å². The lowest BCUT2D eigenvalue weighted by Crippen LogP contribution is -2.65. The summed E-state index contributed by atoms with van der Waals surface area (Å²) in [6.07, 6.45) is 2.29. The Kier molecular flexibility index (Phi) is 10.1. The fourth-order valence-corrected chi connectivity index (χ4v) is 3.19. The fourth-order valence-electron chi connectivity index (χ4n) is 3.19. The maximum atomic E-state index is 12.1. The van der Waals surface area contributed by atoms with E-state index >= 15 is 0 Å². The predicted molar refractivity (Wildman–Crippen MR) is 91.8 cm³/mol. The Hall–Kier alpha value is -0.570. The van der Waals surface area contributed by atoms with Gasteiger partial charge in [0.25, 0.3) is 0 Å². The van der Waals surface area contributed by atoms with Crippen molar-refractivity contribution >= 4 is 5.78 Å². The molecule has 148 valence electrons. The molecule has 0 aromatic carbocycles. The summed E-state index contributed by atoms with van der Waals surface area (Å²) < 4.78 is 5.10. The average Bonchev–Trinajstić information content (AvgIpc) is 2.59. The number of unbranched alkanes of at least 4 members (excludes halogenated alkanes) is 7. The highest BCUT2D eigenvalue weighted by molar-refractivity contribution is 5.79. The van der Waals surface area contributed by atoms with Crippen LogP contribution in [0.5, 0.6) is 0 Å². The van der Waals surface area contributed by atoms with Crippen molar-refractivity contribution in [2.24, 2.45) is 0 Å². The van der Waals surface area contributed by atoms with Crippen molar-refractivity contribution in [3.63, 3.8) is 0 Å². The van der Waals surface area contributed by atoms with Crippen LogP contribution in [0.2, 0.25) is 0 Å². The van der Waals surface area contributed by atoms with E-state index in [-0.39, 0.29) is 12.2 Å². The summed E-state index contributed by atoms with van der Waals surface area (Å²) in [6.45, 7) is 1.54. The summed E-state index contributed by atoms with van der Waals surface area (Å²) in [5.74, 6) is -2.57. The molecule has 1 saturated heterocycles. The van der Waals surface area contributed by atoms with E-state index in [0.717, 1.165) is 19.3 Å². The number of aliphatic hydroxyl groups excluding tert-OH is 4. The summed E-state index contributed by atoms with van der Waals surface area (Å²) in [7, 11) is 0. The molecular formula is C18H34O7. The largest absolute Gasteiger partial charge is 0.394 e. The quantitative estimate of drug-likeness (QED) is 0.322. The van der Waals surface area contributed by atoms with Gasteiger partial charge in [0.2, 0.25) is 5.79 Å². The van der Waals surface area contributed by atoms with Gasteiger partial charge in [-0.15, -0.1) is 0 Å². The number of ether oxygens (including phenoxy) is 1. The van der Waals surface area contributed by atoms with E-state index in [1.54, 1.807) is 0 Å². The molecule has 0 amide bonds. The van der Waals surface area contributed by atoms with Crippen LogP contribution in [0, 0.1) is 0 Å². The molecule has 0 aromatic rings. The first-order chi connectivity index (χ1) is 11.9. The second-order valence-electron chi connectivity index (χ2n) is 7.05. The van der Waals surface area contributed by atoms with Gasteiger partial charge in [-0.2, -0.15) is 0 Å². The van der Waals surface area contributed by atoms with E-state index in [0.29, 0.717) is 6.42 Å². The zero-order valence-corrected chi connectivity index (χ0v) is 15.1. The maximum absolute atomic E-state index is 12.1. The van der Waals surface area contributed by atoms with Crippen LogP contribution in [0.15, 0.2) is 0 Å². The number of Topliss-reactive ketones (excluding diaryl/α,β-unsaturated/α-hetero) is 1. The molecule has 25 heavy (non-hydrogen) atoms. The molecule has 0 unspecified atom stereocenters. The van der Waals surface area contributed by atoms with E-state index in [4.69, 9.17) is 9.84 Å². The molecule has 0 radical (unpaired) electrons. The van der Waals surface area contributed by atoms with Gasteiger partial charge in [0.1, 0.15) is 30.2 Å². The molecule has 7 nitrogen and oxygen atoms in total. The Balaban J connectivity index is 2.32. The van der Waals surface area contributed by atoms with E-state index in [1.807, 2.05) is 0 Å². The Labute approximate surface area is 149 Å². The van der Waals surface area contributed by atoms with Gasteiger partial charge >= 0.3 is 0 Å². The molecule has 1 rings (SSSR count). The Bertz CT molecular complexity index is 388. The number of carbonyl (C=O) groups is 1. The lowest BCUT2D eigenvalue weighted by atomic mass is 9.89. The smallest absolute Gasteiger partial charge is 0.202 e. The van der Waals surface area contributed by atoms with Crippen LogP contribution in [-0.2, 0) is 9.53 Å². The van der Waals surface area contributed by atoms with Crippen molar-refractivity contribution in [3.05, 3.63) is 0 Å². The molecule has 0 bridgehead atoms. The highest BCUT2D eigenvalue weighted by atomic mass is 16.7. The molecule has 1 aliphatic rings. The molecule has 1 aliphatic heterocycles. The Morgan fingerprint density at radius 2 is 1.52 bits per heavy atom. The van der Waals surface area contributed by atoms with Gasteiger partial charge < -0.3 is 30.3 Å². The minimum atomic E-state index is -2.29. The Morgan fingerprint density at radius 1 is 0.960 bits per heavy atom. The van der Waals surface area contributed by atoms with Crippen LogP contribution < -0.4 is 0 Å². The van der Waals surface area contributed by atoms with Crippen LogP contribution in [0.3, 0.4) is 0 Å². The topological polar surface area (TPSA) is 127 Å². The first kappa shape index (κ1) is 22.5. The summed E-state index contributed by atoms with van der Waals surface area (Å²) in [5, 5.41) is 48.8. The van der Waals surface area contributed by atoms with Gasteiger partial charge in [0.05, 0.1) is 13.0 Å². The second-order valence-corrected chi connectivity index (χ2v) is 7.05. The van der Waals surface area contributed by atoms with Crippen molar-refractivity contribution in [2.75, 3.05) is 6.61 Å². The zero-order chi connectivity index (χ0) is 18.9. The van der Waals surface area contributed by atoms with Gasteiger partial charge in [-0.25, -0.2) is 0 Å².